The lowest BCUT2D eigenvalue weighted by Gasteiger charge is -2.05. The maximum Gasteiger partial charge on any atom is 0.305 e. The minimum absolute atomic E-state index is 0.141. The first-order valence-electron chi connectivity index (χ1n) is 4.71. The van der Waals surface area contributed by atoms with E-state index in [0.717, 1.165) is 19.3 Å². The van der Waals surface area contributed by atoms with Gasteiger partial charge in [-0.25, -0.2) is 0 Å². The van der Waals surface area contributed by atoms with Gasteiger partial charge in [-0.15, -0.1) is 0 Å². The molecule has 3 heteroatoms. The summed E-state index contributed by atoms with van der Waals surface area (Å²) in [6, 6.07) is 0. The van der Waals surface area contributed by atoms with E-state index in [4.69, 9.17) is 5.11 Å². The number of carboxylic acids is 1. The first-order chi connectivity index (χ1) is 6.16. The third-order valence-electron chi connectivity index (χ3n) is 1.72. The SMILES string of the molecule is CCC=CCCCC(O)CC(=O)O. The van der Waals surface area contributed by atoms with Crippen LogP contribution < -0.4 is 0 Å². The van der Waals surface area contributed by atoms with Crippen LogP contribution in [-0.2, 0) is 4.79 Å². The predicted octanol–water partition coefficient (Wildman–Crippen LogP) is 1.96. The summed E-state index contributed by atoms with van der Waals surface area (Å²) in [5.41, 5.74) is 0. The van der Waals surface area contributed by atoms with Crippen LogP contribution in [0.25, 0.3) is 0 Å². The van der Waals surface area contributed by atoms with Crippen molar-refractivity contribution < 1.29 is 15.0 Å². The van der Waals surface area contributed by atoms with Gasteiger partial charge in [-0.3, -0.25) is 4.79 Å². The molecular formula is C10H18O3. The third-order valence-corrected chi connectivity index (χ3v) is 1.72. The fraction of sp³-hybridized carbons (Fsp3) is 0.700. The third kappa shape index (κ3) is 9.08. The Labute approximate surface area is 79.1 Å². The summed E-state index contributed by atoms with van der Waals surface area (Å²) in [6.07, 6.45) is 6.68. The Morgan fingerprint density at radius 3 is 2.69 bits per heavy atom. The summed E-state index contributed by atoms with van der Waals surface area (Å²) in [5.74, 6) is -0.934. The van der Waals surface area contributed by atoms with Crippen LogP contribution in [0.1, 0.15) is 39.0 Å². The second-order valence-corrected chi connectivity index (χ2v) is 3.06. The average Bonchev–Trinajstić information content (AvgIpc) is 2.02. The quantitative estimate of drug-likeness (QED) is 0.472. The number of unbranched alkanes of at least 4 members (excludes halogenated alkanes) is 1. The molecule has 0 saturated carbocycles. The van der Waals surface area contributed by atoms with Crippen LogP contribution >= 0.6 is 0 Å². The molecule has 0 spiro atoms. The summed E-state index contributed by atoms with van der Waals surface area (Å²) in [4.78, 5) is 10.2. The van der Waals surface area contributed by atoms with Gasteiger partial charge in [0.25, 0.3) is 0 Å². The van der Waals surface area contributed by atoms with E-state index in [1.807, 2.05) is 0 Å². The maximum atomic E-state index is 10.2. The Morgan fingerprint density at radius 2 is 2.15 bits per heavy atom. The molecule has 0 rings (SSSR count). The average molecular weight is 186 g/mol. The zero-order valence-electron chi connectivity index (χ0n) is 8.07. The summed E-state index contributed by atoms with van der Waals surface area (Å²) >= 11 is 0. The topological polar surface area (TPSA) is 57.5 Å². The Hall–Kier alpha value is -0.830. The molecule has 2 N–H and O–H groups in total. The molecule has 0 amide bonds. The van der Waals surface area contributed by atoms with E-state index in [9.17, 15) is 9.90 Å². The molecule has 0 saturated heterocycles. The molecule has 1 atom stereocenters. The first kappa shape index (κ1) is 12.2. The Morgan fingerprint density at radius 1 is 1.46 bits per heavy atom. The number of carbonyl (C=O) groups is 1. The molecule has 1 unspecified atom stereocenters. The van der Waals surface area contributed by atoms with E-state index in [1.165, 1.54) is 0 Å². The first-order valence-corrected chi connectivity index (χ1v) is 4.71. The van der Waals surface area contributed by atoms with Crippen LogP contribution in [0.4, 0.5) is 0 Å². The lowest BCUT2D eigenvalue weighted by atomic mass is 10.1. The summed E-state index contributed by atoms with van der Waals surface area (Å²) < 4.78 is 0. The van der Waals surface area contributed by atoms with E-state index < -0.39 is 12.1 Å². The molecule has 0 aliphatic rings. The minimum atomic E-state index is -0.934. The highest BCUT2D eigenvalue weighted by Crippen LogP contribution is 2.05. The van der Waals surface area contributed by atoms with Gasteiger partial charge in [0, 0.05) is 0 Å². The summed E-state index contributed by atoms with van der Waals surface area (Å²) in [7, 11) is 0. The van der Waals surface area contributed by atoms with Crippen molar-refractivity contribution in [3.8, 4) is 0 Å². The highest BCUT2D eigenvalue weighted by atomic mass is 16.4. The summed E-state index contributed by atoms with van der Waals surface area (Å²) in [6.45, 7) is 2.07. The standard InChI is InChI=1S/C10H18O3/c1-2-3-4-5-6-7-9(11)8-10(12)13/h3-4,9,11H,2,5-8H2,1H3,(H,12,13). The Balaban J connectivity index is 3.31. The number of rotatable bonds is 7. The van der Waals surface area contributed by atoms with E-state index in [0.29, 0.717) is 6.42 Å². The number of carboxylic acid groups (broad SMARTS) is 1. The van der Waals surface area contributed by atoms with Gasteiger partial charge >= 0.3 is 5.97 Å². The van der Waals surface area contributed by atoms with Crippen LogP contribution in [0.15, 0.2) is 12.2 Å². The van der Waals surface area contributed by atoms with E-state index >= 15 is 0 Å². The van der Waals surface area contributed by atoms with E-state index in [1.54, 1.807) is 0 Å². The van der Waals surface area contributed by atoms with Crippen LogP contribution in [0.2, 0.25) is 0 Å². The molecule has 0 aliphatic heterocycles. The van der Waals surface area contributed by atoms with Gasteiger partial charge in [0.05, 0.1) is 12.5 Å². The normalized spacial score (nSPS) is 13.4. The molecule has 0 aromatic heterocycles. The smallest absolute Gasteiger partial charge is 0.305 e. The zero-order valence-corrected chi connectivity index (χ0v) is 8.07. The number of allylic oxidation sites excluding steroid dienone is 2. The Kier molecular flexibility index (Phi) is 7.30. The number of hydrogen-bond acceptors (Lipinski definition) is 2. The van der Waals surface area contributed by atoms with Crippen molar-refractivity contribution in [1.29, 1.82) is 0 Å². The van der Waals surface area contributed by atoms with E-state index in [2.05, 4.69) is 19.1 Å². The van der Waals surface area contributed by atoms with Gasteiger partial charge < -0.3 is 10.2 Å². The van der Waals surface area contributed by atoms with Gasteiger partial charge in [0.1, 0.15) is 0 Å². The van der Waals surface area contributed by atoms with Crippen molar-refractivity contribution in [1.82, 2.24) is 0 Å². The van der Waals surface area contributed by atoms with Crippen molar-refractivity contribution in [2.24, 2.45) is 0 Å². The lowest BCUT2D eigenvalue weighted by Crippen LogP contribution is -2.12. The molecule has 0 heterocycles. The van der Waals surface area contributed by atoms with Crippen LogP contribution in [0, 0.1) is 0 Å². The van der Waals surface area contributed by atoms with Gasteiger partial charge in [-0.05, 0) is 25.7 Å². The van der Waals surface area contributed by atoms with Crippen molar-refractivity contribution in [2.45, 2.75) is 45.1 Å². The molecule has 0 aromatic rings. The highest BCUT2D eigenvalue weighted by molar-refractivity contribution is 5.67. The number of aliphatic hydroxyl groups is 1. The largest absolute Gasteiger partial charge is 0.481 e. The van der Waals surface area contributed by atoms with Gasteiger partial charge in [-0.2, -0.15) is 0 Å². The fourth-order valence-electron chi connectivity index (χ4n) is 1.06. The molecule has 0 radical (unpaired) electrons. The lowest BCUT2D eigenvalue weighted by molar-refractivity contribution is -0.139. The molecule has 0 fully saturated rings. The monoisotopic (exact) mass is 186 g/mol. The molecule has 0 aromatic carbocycles. The second kappa shape index (κ2) is 7.80. The van der Waals surface area contributed by atoms with Crippen LogP contribution in [0.5, 0.6) is 0 Å². The molecule has 76 valence electrons. The van der Waals surface area contributed by atoms with Crippen molar-refractivity contribution in [3.63, 3.8) is 0 Å². The van der Waals surface area contributed by atoms with Gasteiger partial charge in [0.2, 0.25) is 0 Å². The molecule has 0 aliphatic carbocycles. The van der Waals surface area contributed by atoms with E-state index in [-0.39, 0.29) is 6.42 Å². The van der Waals surface area contributed by atoms with Crippen molar-refractivity contribution in [2.75, 3.05) is 0 Å². The number of hydrogen-bond donors (Lipinski definition) is 2. The van der Waals surface area contributed by atoms with Crippen LogP contribution in [-0.4, -0.2) is 22.3 Å². The fourth-order valence-corrected chi connectivity index (χ4v) is 1.06. The minimum Gasteiger partial charge on any atom is -0.481 e. The van der Waals surface area contributed by atoms with Crippen molar-refractivity contribution >= 4 is 5.97 Å². The number of aliphatic carboxylic acids is 1. The molecular weight excluding hydrogens is 168 g/mol. The number of aliphatic hydroxyl groups excluding tert-OH is 1. The molecule has 3 nitrogen and oxygen atoms in total. The van der Waals surface area contributed by atoms with Crippen molar-refractivity contribution in [3.05, 3.63) is 12.2 Å². The molecule has 0 bridgehead atoms. The second-order valence-electron chi connectivity index (χ2n) is 3.06. The Bertz CT molecular complexity index is 164. The predicted molar refractivity (Wildman–Crippen MR) is 51.5 cm³/mol. The highest BCUT2D eigenvalue weighted by Gasteiger charge is 2.07. The maximum absolute atomic E-state index is 10.2. The summed E-state index contributed by atoms with van der Waals surface area (Å²) in [5, 5.41) is 17.5. The molecule has 13 heavy (non-hydrogen) atoms. The van der Waals surface area contributed by atoms with Gasteiger partial charge in [-0.1, -0.05) is 19.1 Å². The van der Waals surface area contributed by atoms with Gasteiger partial charge in [0.15, 0.2) is 0 Å². The zero-order chi connectivity index (χ0) is 10.1. The van der Waals surface area contributed by atoms with Crippen LogP contribution in [0.3, 0.4) is 0 Å².